The summed E-state index contributed by atoms with van der Waals surface area (Å²) in [5.41, 5.74) is 5.15. The fourth-order valence-corrected chi connectivity index (χ4v) is 1.72. The van der Waals surface area contributed by atoms with Gasteiger partial charge in [-0.2, -0.15) is 0 Å². The van der Waals surface area contributed by atoms with Crippen molar-refractivity contribution >= 4 is 39.3 Å². The average molecular weight is 344 g/mol. The predicted octanol–water partition coefficient (Wildman–Crippen LogP) is 1.90. The maximum Gasteiger partial charge on any atom is 0.286 e. The van der Waals surface area contributed by atoms with E-state index in [0.29, 0.717) is 5.69 Å². The minimum Gasteiger partial charge on any atom is -0.356 e. The Bertz CT molecular complexity index is 611. The monoisotopic (exact) mass is 342 g/mol. The summed E-state index contributed by atoms with van der Waals surface area (Å²) in [5.74, 6) is -0.941. The van der Waals surface area contributed by atoms with Crippen LogP contribution in [0.3, 0.4) is 0 Å². The first-order valence-corrected chi connectivity index (χ1v) is 6.29. The van der Waals surface area contributed by atoms with Crippen LogP contribution in [-0.4, -0.2) is 21.8 Å². The van der Waals surface area contributed by atoms with Crippen molar-refractivity contribution in [3.05, 3.63) is 51.5 Å². The maximum atomic E-state index is 11.7. The van der Waals surface area contributed by atoms with E-state index < -0.39 is 11.8 Å². The van der Waals surface area contributed by atoms with Gasteiger partial charge in [0.1, 0.15) is 10.8 Å². The first-order chi connectivity index (χ1) is 9.06. The number of nitrogens with zero attached hydrogens (tertiary/aromatic N) is 1. The van der Waals surface area contributed by atoms with Gasteiger partial charge in [0.25, 0.3) is 11.8 Å². The topological polar surface area (TPSA) is 86.9 Å². The van der Waals surface area contributed by atoms with E-state index in [1.54, 1.807) is 12.3 Å². The number of nitrogens with one attached hydrogen (secondary N) is 3. The van der Waals surface area contributed by atoms with Crippen molar-refractivity contribution in [3.8, 4) is 0 Å². The second kappa shape index (κ2) is 5.85. The molecule has 2 rings (SSSR count). The Kier molecular flexibility index (Phi) is 4.18. The van der Waals surface area contributed by atoms with Crippen molar-refractivity contribution in [3.63, 3.8) is 0 Å². The standard InChI is InChI=1S/C11H8BrClN4O2/c12-7-3-8(14-5-7)11(19)17-16-10(18)6-1-2-9(13)15-4-6/h1-5,14H,(H,16,18)(H,17,19). The number of carbonyl (C=O) groups is 2. The summed E-state index contributed by atoms with van der Waals surface area (Å²) in [4.78, 5) is 29.8. The number of aromatic amines is 1. The second-order valence-electron chi connectivity index (χ2n) is 3.51. The fraction of sp³-hybridized carbons (Fsp3) is 0. The molecule has 0 unspecified atom stereocenters. The largest absolute Gasteiger partial charge is 0.356 e. The van der Waals surface area contributed by atoms with Gasteiger partial charge < -0.3 is 4.98 Å². The predicted molar refractivity (Wildman–Crippen MR) is 72.7 cm³/mol. The van der Waals surface area contributed by atoms with E-state index in [1.165, 1.54) is 18.3 Å². The van der Waals surface area contributed by atoms with Crippen LogP contribution >= 0.6 is 27.5 Å². The van der Waals surface area contributed by atoms with Crippen molar-refractivity contribution in [2.24, 2.45) is 0 Å². The molecule has 3 N–H and O–H groups in total. The van der Waals surface area contributed by atoms with Crippen LogP contribution in [-0.2, 0) is 0 Å². The summed E-state index contributed by atoms with van der Waals surface area (Å²) >= 11 is 8.81. The molecule has 0 spiro atoms. The highest BCUT2D eigenvalue weighted by Crippen LogP contribution is 2.10. The summed E-state index contributed by atoms with van der Waals surface area (Å²) in [6, 6.07) is 4.58. The Hall–Kier alpha value is -1.86. The van der Waals surface area contributed by atoms with E-state index in [2.05, 4.69) is 36.7 Å². The van der Waals surface area contributed by atoms with Crippen molar-refractivity contribution in [2.45, 2.75) is 0 Å². The van der Waals surface area contributed by atoms with Gasteiger partial charge in [0.15, 0.2) is 0 Å². The summed E-state index contributed by atoms with van der Waals surface area (Å²) in [6.45, 7) is 0. The molecule has 19 heavy (non-hydrogen) atoms. The third-order valence-corrected chi connectivity index (χ3v) is 2.85. The first kappa shape index (κ1) is 13.6. The zero-order chi connectivity index (χ0) is 13.8. The number of carbonyl (C=O) groups excluding carboxylic acids is 2. The molecular formula is C11H8BrClN4O2. The molecule has 6 nitrogen and oxygen atoms in total. The van der Waals surface area contributed by atoms with Crippen LogP contribution in [0, 0.1) is 0 Å². The maximum absolute atomic E-state index is 11.7. The SMILES string of the molecule is O=C(NNC(=O)c1cc(Br)c[nH]1)c1ccc(Cl)nc1. The lowest BCUT2D eigenvalue weighted by molar-refractivity contribution is 0.0844. The van der Waals surface area contributed by atoms with E-state index in [-0.39, 0.29) is 10.7 Å². The number of hydrogen-bond acceptors (Lipinski definition) is 3. The van der Waals surface area contributed by atoms with Crippen LogP contribution < -0.4 is 10.9 Å². The van der Waals surface area contributed by atoms with Crippen molar-refractivity contribution in [1.82, 2.24) is 20.8 Å². The van der Waals surface area contributed by atoms with Crippen LogP contribution in [0.2, 0.25) is 5.15 Å². The Morgan fingerprint density at radius 3 is 2.58 bits per heavy atom. The molecule has 0 aliphatic rings. The molecular weight excluding hydrogens is 336 g/mol. The number of H-pyrrole nitrogens is 1. The van der Waals surface area contributed by atoms with Crippen LogP contribution in [0.4, 0.5) is 0 Å². The molecule has 98 valence electrons. The normalized spacial score (nSPS) is 10.0. The van der Waals surface area contributed by atoms with Gasteiger partial charge >= 0.3 is 0 Å². The summed E-state index contributed by atoms with van der Waals surface area (Å²) in [5, 5.41) is 0.289. The van der Waals surface area contributed by atoms with Crippen molar-refractivity contribution in [1.29, 1.82) is 0 Å². The molecule has 0 fully saturated rings. The van der Waals surface area contributed by atoms with E-state index in [4.69, 9.17) is 11.6 Å². The van der Waals surface area contributed by atoms with Gasteiger partial charge in [0.05, 0.1) is 5.56 Å². The smallest absolute Gasteiger partial charge is 0.286 e. The summed E-state index contributed by atoms with van der Waals surface area (Å²) < 4.78 is 0.742. The van der Waals surface area contributed by atoms with Gasteiger partial charge in [-0.15, -0.1) is 0 Å². The van der Waals surface area contributed by atoms with E-state index in [1.807, 2.05) is 0 Å². The van der Waals surface area contributed by atoms with Crippen LogP contribution in [0.25, 0.3) is 0 Å². The molecule has 0 radical (unpaired) electrons. The minimum absolute atomic E-state index is 0.289. The molecule has 0 saturated carbocycles. The van der Waals surface area contributed by atoms with Crippen molar-refractivity contribution < 1.29 is 9.59 Å². The van der Waals surface area contributed by atoms with E-state index in [0.717, 1.165) is 4.47 Å². The Balaban J connectivity index is 1.93. The molecule has 2 aromatic heterocycles. The first-order valence-electron chi connectivity index (χ1n) is 5.12. The number of rotatable bonds is 2. The van der Waals surface area contributed by atoms with Crippen LogP contribution in [0.15, 0.2) is 35.1 Å². The van der Waals surface area contributed by atoms with Gasteiger partial charge in [-0.3, -0.25) is 20.4 Å². The molecule has 2 amide bonds. The molecule has 0 saturated heterocycles. The highest BCUT2D eigenvalue weighted by molar-refractivity contribution is 9.10. The lowest BCUT2D eigenvalue weighted by atomic mass is 10.3. The van der Waals surface area contributed by atoms with Crippen LogP contribution in [0.5, 0.6) is 0 Å². The molecule has 0 atom stereocenters. The lowest BCUT2D eigenvalue weighted by Gasteiger charge is -2.05. The quantitative estimate of drug-likeness (QED) is 0.575. The third-order valence-electron chi connectivity index (χ3n) is 2.17. The minimum atomic E-state index is -0.483. The molecule has 0 aliphatic carbocycles. The zero-order valence-corrected chi connectivity index (χ0v) is 11.7. The highest BCUT2D eigenvalue weighted by Gasteiger charge is 2.10. The van der Waals surface area contributed by atoms with Gasteiger partial charge in [-0.1, -0.05) is 11.6 Å². The fourth-order valence-electron chi connectivity index (χ4n) is 1.26. The van der Waals surface area contributed by atoms with Gasteiger partial charge in [-0.05, 0) is 34.1 Å². The molecule has 0 aliphatic heterocycles. The summed E-state index contributed by atoms with van der Waals surface area (Å²) in [6.07, 6.45) is 2.93. The van der Waals surface area contributed by atoms with Gasteiger partial charge in [-0.25, -0.2) is 4.98 Å². The number of amides is 2. The lowest BCUT2D eigenvalue weighted by Crippen LogP contribution is -2.41. The Morgan fingerprint density at radius 2 is 2.00 bits per heavy atom. The molecule has 2 heterocycles. The molecule has 8 heteroatoms. The van der Waals surface area contributed by atoms with Gasteiger partial charge in [0.2, 0.25) is 0 Å². The Labute approximate surface area is 121 Å². The molecule has 0 aromatic carbocycles. The average Bonchev–Trinajstić information content (AvgIpc) is 2.83. The number of hydrazine groups is 1. The van der Waals surface area contributed by atoms with Crippen LogP contribution in [0.1, 0.15) is 20.8 Å². The third kappa shape index (κ3) is 3.55. The van der Waals surface area contributed by atoms with E-state index in [9.17, 15) is 9.59 Å². The molecule has 2 aromatic rings. The van der Waals surface area contributed by atoms with Crippen molar-refractivity contribution in [2.75, 3.05) is 0 Å². The van der Waals surface area contributed by atoms with E-state index >= 15 is 0 Å². The number of pyridine rings is 1. The number of hydrogen-bond donors (Lipinski definition) is 3. The second-order valence-corrected chi connectivity index (χ2v) is 4.81. The number of aromatic nitrogens is 2. The Morgan fingerprint density at radius 1 is 1.26 bits per heavy atom. The molecule has 0 bridgehead atoms. The summed E-state index contributed by atoms with van der Waals surface area (Å²) in [7, 11) is 0. The number of halogens is 2. The highest BCUT2D eigenvalue weighted by atomic mass is 79.9. The van der Waals surface area contributed by atoms with Gasteiger partial charge in [0, 0.05) is 16.9 Å². The zero-order valence-electron chi connectivity index (χ0n) is 9.41.